The van der Waals surface area contributed by atoms with E-state index in [2.05, 4.69) is 21.2 Å². The summed E-state index contributed by atoms with van der Waals surface area (Å²) in [5.41, 5.74) is 3.69. The van der Waals surface area contributed by atoms with E-state index in [0.717, 1.165) is 27.0 Å². The minimum absolute atomic E-state index is 0.211. The molecule has 0 heterocycles. The van der Waals surface area contributed by atoms with Crippen LogP contribution in [0.5, 0.6) is 5.75 Å². The first-order valence-corrected chi connectivity index (χ1v) is 7.14. The highest BCUT2D eigenvalue weighted by Crippen LogP contribution is 2.29. The van der Waals surface area contributed by atoms with Crippen molar-refractivity contribution in [3.8, 4) is 5.75 Å². The van der Waals surface area contributed by atoms with Crippen LogP contribution in [-0.2, 0) is 6.54 Å². The molecule has 0 saturated carbocycles. The van der Waals surface area contributed by atoms with Gasteiger partial charge >= 0.3 is 0 Å². The predicted molar refractivity (Wildman–Crippen MR) is 83.9 cm³/mol. The largest absolute Gasteiger partial charge is 0.496 e. The number of anilines is 1. The summed E-state index contributed by atoms with van der Waals surface area (Å²) >= 11 is 3.35. The summed E-state index contributed by atoms with van der Waals surface area (Å²) in [5, 5.41) is 3.26. The molecule has 106 valence electrons. The predicted octanol–water partition coefficient (Wildman–Crippen LogP) is 4.83. The maximum atomic E-state index is 13.7. The standard InChI is InChI=1S/C16H17BrFNO/c1-10-4-7-15(11(2)16(10)20-3)19-9-12-8-13(17)5-6-14(12)18/h4-8,19H,9H2,1-3H3. The molecule has 0 aliphatic rings. The van der Waals surface area contributed by atoms with Crippen molar-refractivity contribution in [3.05, 3.63) is 57.3 Å². The van der Waals surface area contributed by atoms with Gasteiger partial charge in [-0.15, -0.1) is 0 Å². The van der Waals surface area contributed by atoms with E-state index in [9.17, 15) is 4.39 Å². The Balaban J connectivity index is 2.21. The Morgan fingerprint density at radius 3 is 2.65 bits per heavy atom. The average molecular weight is 338 g/mol. The second-order valence-electron chi connectivity index (χ2n) is 4.68. The Bertz CT molecular complexity index is 628. The van der Waals surface area contributed by atoms with Crippen LogP contribution in [0.4, 0.5) is 10.1 Å². The van der Waals surface area contributed by atoms with Gasteiger partial charge in [-0.05, 0) is 43.7 Å². The number of halogens is 2. The smallest absolute Gasteiger partial charge is 0.128 e. The summed E-state index contributed by atoms with van der Waals surface area (Å²) in [6.07, 6.45) is 0. The molecule has 0 aliphatic carbocycles. The van der Waals surface area contributed by atoms with Crippen molar-refractivity contribution in [1.29, 1.82) is 0 Å². The van der Waals surface area contributed by atoms with E-state index in [1.54, 1.807) is 19.2 Å². The molecule has 0 aliphatic heterocycles. The minimum atomic E-state index is -0.211. The number of benzene rings is 2. The van der Waals surface area contributed by atoms with Gasteiger partial charge in [-0.3, -0.25) is 0 Å². The number of hydrogen-bond acceptors (Lipinski definition) is 2. The molecule has 0 aromatic heterocycles. The van der Waals surface area contributed by atoms with Crippen LogP contribution in [0.3, 0.4) is 0 Å². The Kier molecular flexibility index (Phi) is 4.65. The molecule has 4 heteroatoms. The summed E-state index contributed by atoms with van der Waals surface area (Å²) < 4.78 is 20.0. The number of hydrogen-bond donors (Lipinski definition) is 1. The van der Waals surface area contributed by atoms with Gasteiger partial charge in [0, 0.05) is 27.8 Å². The molecule has 2 aromatic rings. The molecular weight excluding hydrogens is 321 g/mol. The van der Waals surface area contributed by atoms with Crippen molar-refractivity contribution in [2.24, 2.45) is 0 Å². The molecule has 2 rings (SSSR count). The van der Waals surface area contributed by atoms with Crippen molar-refractivity contribution in [3.63, 3.8) is 0 Å². The van der Waals surface area contributed by atoms with E-state index in [0.29, 0.717) is 12.1 Å². The molecule has 1 N–H and O–H groups in total. The van der Waals surface area contributed by atoms with Crippen molar-refractivity contribution in [1.82, 2.24) is 0 Å². The normalized spacial score (nSPS) is 10.4. The van der Waals surface area contributed by atoms with Crippen LogP contribution in [0.25, 0.3) is 0 Å². The van der Waals surface area contributed by atoms with E-state index in [-0.39, 0.29) is 5.82 Å². The number of ether oxygens (including phenoxy) is 1. The number of rotatable bonds is 4. The van der Waals surface area contributed by atoms with E-state index >= 15 is 0 Å². The van der Waals surface area contributed by atoms with Crippen LogP contribution in [0, 0.1) is 19.7 Å². The fraction of sp³-hybridized carbons (Fsp3) is 0.250. The lowest BCUT2D eigenvalue weighted by molar-refractivity contribution is 0.409. The molecule has 0 atom stereocenters. The Hall–Kier alpha value is -1.55. The second-order valence-corrected chi connectivity index (χ2v) is 5.59. The van der Waals surface area contributed by atoms with Crippen LogP contribution < -0.4 is 10.1 Å². The highest BCUT2D eigenvalue weighted by molar-refractivity contribution is 9.10. The monoisotopic (exact) mass is 337 g/mol. The number of aryl methyl sites for hydroxylation is 1. The van der Waals surface area contributed by atoms with Crippen LogP contribution >= 0.6 is 15.9 Å². The van der Waals surface area contributed by atoms with Gasteiger partial charge in [0.05, 0.1) is 7.11 Å². The van der Waals surface area contributed by atoms with E-state index < -0.39 is 0 Å². The Labute approximate surface area is 127 Å². The third-order valence-electron chi connectivity index (χ3n) is 3.28. The Morgan fingerprint density at radius 2 is 1.95 bits per heavy atom. The molecule has 0 unspecified atom stereocenters. The quantitative estimate of drug-likeness (QED) is 0.862. The zero-order valence-electron chi connectivity index (χ0n) is 11.8. The van der Waals surface area contributed by atoms with Crippen LogP contribution in [0.15, 0.2) is 34.8 Å². The third kappa shape index (κ3) is 3.12. The maximum absolute atomic E-state index is 13.7. The van der Waals surface area contributed by atoms with Gasteiger partial charge in [-0.2, -0.15) is 0 Å². The molecule has 0 saturated heterocycles. The minimum Gasteiger partial charge on any atom is -0.496 e. The second kappa shape index (κ2) is 6.27. The zero-order valence-corrected chi connectivity index (χ0v) is 13.3. The lowest BCUT2D eigenvalue weighted by atomic mass is 10.1. The fourth-order valence-corrected chi connectivity index (χ4v) is 2.61. The maximum Gasteiger partial charge on any atom is 0.128 e. The topological polar surface area (TPSA) is 21.3 Å². The van der Waals surface area contributed by atoms with Gasteiger partial charge in [0.2, 0.25) is 0 Å². The molecule has 0 radical (unpaired) electrons. The van der Waals surface area contributed by atoms with Crippen LogP contribution in [0.2, 0.25) is 0 Å². The molecule has 0 fully saturated rings. The average Bonchev–Trinajstić information content (AvgIpc) is 2.42. The fourth-order valence-electron chi connectivity index (χ4n) is 2.20. The highest BCUT2D eigenvalue weighted by Gasteiger charge is 2.09. The molecule has 0 bridgehead atoms. The highest BCUT2D eigenvalue weighted by atomic mass is 79.9. The van der Waals surface area contributed by atoms with Gasteiger partial charge < -0.3 is 10.1 Å². The molecule has 0 amide bonds. The molecule has 0 spiro atoms. The van der Waals surface area contributed by atoms with Gasteiger partial charge in [0.1, 0.15) is 11.6 Å². The molecule has 2 aromatic carbocycles. The Morgan fingerprint density at radius 1 is 1.20 bits per heavy atom. The van der Waals surface area contributed by atoms with Crippen molar-refractivity contribution < 1.29 is 9.13 Å². The van der Waals surface area contributed by atoms with Gasteiger partial charge in [-0.25, -0.2) is 4.39 Å². The van der Waals surface area contributed by atoms with Crippen molar-refractivity contribution in [2.45, 2.75) is 20.4 Å². The number of methoxy groups -OCH3 is 1. The van der Waals surface area contributed by atoms with Gasteiger partial charge in [0.25, 0.3) is 0 Å². The first-order valence-electron chi connectivity index (χ1n) is 6.35. The summed E-state index contributed by atoms with van der Waals surface area (Å²) in [6.45, 7) is 4.42. The summed E-state index contributed by atoms with van der Waals surface area (Å²) in [4.78, 5) is 0. The number of nitrogens with one attached hydrogen (secondary N) is 1. The van der Waals surface area contributed by atoms with Gasteiger partial charge in [0.15, 0.2) is 0 Å². The van der Waals surface area contributed by atoms with E-state index in [1.165, 1.54) is 6.07 Å². The van der Waals surface area contributed by atoms with Gasteiger partial charge in [-0.1, -0.05) is 22.0 Å². The summed E-state index contributed by atoms with van der Waals surface area (Å²) in [7, 11) is 1.66. The SMILES string of the molecule is COc1c(C)ccc(NCc2cc(Br)ccc2F)c1C. The molecule has 20 heavy (non-hydrogen) atoms. The third-order valence-corrected chi connectivity index (χ3v) is 3.78. The van der Waals surface area contributed by atoms with Crippen molar-refractivity contribution in [2.75, 3.05) is 12.4 Å². The summed E-state index contributed by atoms with van der Waals surface area (Å²) in [5.74, 6) is 0.655. The molecule has 2 nitrogen and oxygen atoms in total. The lowest BCUT2D eigenvalue weighted by Crippen LogP contribution is -2.04. The summed E-state index contributed by atoms with van der Waals surface area (Å²) in [6, 6.07) is 8.92. The van der Waals surface area contributed by atoms with Crippen molar-refractivity contribution >= 4 is 21.6 Å². The van der Waals surface area contributed by atoms with E-state index in [4.69, 9.17) is 4.74 Å². The first-order chi connectivity index (χ1) is 9.52. The lowest BCUT2D eigenvalue weighted by Gasteiger charge is -2.15. The zero-order chi connectivity index (χ0) is 14.7. The van der Waals surface area contributed by atoms with Crippen LogP contribution in [-0.4, -0.2) is 7.11 Å². The first kappa shape index (κ1) is 14.9. The van der Waals surface area contributed by atoms with Crippen LogP contribution in [0.1, 0.15) is 16.7 Å². The van der Waals surface area contributed by atoms with E-state index in [1.807, 2.05) is 26.0 Å². The molecular formula is C16H17BrFNO.